The molecule has 1 aromatic carbocycles. The van der Waals surface area contributed by atoms with Crippen LogP contribution in [0.3, 0.4) is 0 Å². The third-order valence-corrected chi connectivity index (χ3v) is 2.30. The van der Waals surface area contributed by atoms with Crippen molar-refractivity contribution in [3.05, 3.63) is 28.6 Å². The van der Waals surface area contributed by atoms with Crippen LogP contribution in [0.25, 0.3) is 11.8 Å². The van der Waals surface area contributed by atoms with Crippen molar-refractivity contribution >= 4 is 11.8 Å². The summed E-state index contributed by atoms with van der Waals surface area (Å²) in [5.74, 6) is 0.794. The minimum absolute atomic E-state index is 0.0349. The molecule has 74 valence electrons. The van der Waals surface area contributed by atoms with E-state index in [0.717, 1.165) is 21.8 Å². The molecule has 0 amide bonds. The van der Waals surface area contributed by atoms with Crippen molar-refractivity contribution in [1.82, 2.24) is 0 Å². The van der Waals surface area contributed by atoms with E-state index in [1.54, 1.807) is 13.4 Å². The molecule has 0 bridgehead atoms. The predicted molar refractivity (Wildman–Crippen MR) is 53.2 cm³/mol. The van der Waals surface area contributed by atoms with Gasteiger partial charge < -0.3 is 14.6 Å². The van der Waals surface area contributed by atoms with Gasteiger partial charge in [-0.1, -0.05) is 6.07 Å². The van der Waals surface area contributed by atoms with Crippen molar-refractivity contribution in [2.75, 3.05) is 20.3 Å². The fraction of sp³-hybridized carbons (Fsp3) is 0.273. The Bertz CT molecular complexity index is 448. The molecular weight excluding hydrogens is 180 g/mol. The summed E-state index contributed by atoms with van der Waals surface area (Å²) in [4.78, 5) is 0. The predicted octanol–water partition coefficient (Wildman–Crippen LogP) is -0.394. The Morgan fingerprint density at radius 2 is 2.36 bits per heavy atom. The van der Waals surface area contributed by atoms with Gasteiger partial charge in [0.05, 0.1) is 20.0 Å². The molecule has 3 heteroatoms. The van der Waals surface area contributed by atoms with Gasteiger partial charge in [0.15, 0.2) is 0 Å². The summed E-state index contributed by atoms with van der Waals surface area (Å²) in [6.45, 7) is 0.503. The van der Waals surface area contributed by atoms with Crippen molar-refractivity contribution < 1.29 is 14.6 Å². The van der Waals surface area contributed by atoms with E-state index in [2.05, 4.69) is 0 Å². The van der Waals surface area contributed by atoms with Crippen molar-refractivity contribution in [1.29, 1.82) is 0 Å². The van der Waals surface area contributed by atoms with Crippen molar-refractivity contribution in [3.63, 3.8) is 0 Å². The molecule has 14 heavy (non-hydrogen) atoms. The number of methoxy groups -OCH3 is 1. The molecular formula is C11H12O3. The van der Waals surface area contributed by atoms with Crippen LogP contribution >= 0.6 is 0 Å². The molecule has 1 aliphatic rings. The molecule has 0 unspecified atom stereocenters. The van der Waals surface area contributed by atoms with Gasteiger partial charge in [0, 0.05) is 10.8 Å². The molecule has 0 radical (unpaired) electrons. The van der Waals surface area contributed by atoms with E-state index in [4.69, 9.17) is 14.6 Å². The van der Waals surface area contributed by atoms with Gasteiger partial charge in [0.2, 0.25) is 0 Å². The van der Waals surface area contributed by atoms with Gasteiger partial charge in [-0.2, -0.15) is 0 Å². The van der Waals surface area contributed by atoms with Crippen LogP contribution in [0, 0.1) is 0 Å². The van der Waals surface area contributed by atoms with Crippen LogP contribution in [0.15, 0.2) is 18.2 Å². The lowest BCUT2D eigenvalue weighted by Crippen LogP contribution is -2.32. The maximum Gasteiger partial charge on any atom is 0.119 e. The second-order valence-electron chi connectivity index (χ2n) is 3.14. The average molecular weight is 192 g/mol. The summed E-state index contributed by atoms with van der Waals surface area (Å²) in [6, 6.07) is 5.72. The van der Waals surface area contributed by atoms with E-state index in [0.29, 0.717) is 6.61 Å². The molecule has 0 aliphatic carbocycles. The smallest absolute Gasteiger partial charge is 0.119 e. The summed E-state index contributed by atoms with van der Waals surface area (Å²) in [5, 5.41) is 11.1. The fourth-order valence-corrected chi connectivity index (χ4v) is 1.53. The van der Waals surface area contributed by atoms with Crippen LogP contribution in [0.1, 0.15) is 0 Å². The number of aliphatic hydroxyl groups is 1. The van der Waals surface area contributed by atoms with Gasteiger partial charge in [0.25, 0.3) is 0 Å². The number of rotatable bonds is 2. The standard InChI is InChI=1S/C11H12O3/c1-13-10-2-3-11-8(4-10)6-14-7-9(11)5-12/h2-4,6,12H,5,7H2,1H3. The third-order valence-electron chi connectivity index (χ3n) is 2.30. The summed E-state index contributed by atoms with van der Waals surface area (Å²) >= 11 is 0. The zero-order valence-electron chi connectivity index (χ0n) is 7.99. The Hall–Kier alpha value is -1.48. The van der Waals surface area contributed by atoms with Gasteiger partial charge in [-0.3, -0.25) is 0 Å². The number of hydrogen-bond acceptors (Lipinski definition) is 3. The molecule has 1 heterocycles. The summed E-state index contributed by atoms with van der Waals surface area (Å²) in [5.41, 5.74) is 0.908. The van der Waals surface area contributed by atoms with E-state index in [9.17, 15) is 0 Å². The minimum Gasteiger partial charge on any atom is -0.497 e. The first-order valence-electron chi connectivity index (χ1n) is 4.44. The first kappa shape index (κ1) is 9.09. The zero-order chi connectivity index (χ0) is 9.97. The number of ether oxygens (including phenoxy) is 2. The van der Waals surface area contributed by atoms with E-state index < -0.39 is 0 Å². The average Bonchev–Trinajstić information content (AvgIpc) is 2.27. The molecule has 0 atom stereocenters. The maximum atomic E-state index is 9.10. The molecule has 2 rings (SSSR count). The molecule has 0 fully saturated rings. The zero-order valence-corrected chi connectivity index (χ0v) is 7.99. The van der Waals surface area contributed by atoms with E-state index in [1.807, 2.05) is 18.2 Å². The topological polar surface area (TPSA) is 38.7 Å². The highest BCUT2D eigenvalue weighted by Crippen LogP contribution is 2.04. The number of fused-ring (bicyclic) bond motifs is 1. The second kappa shape index (κ2) is 3.72. The van der Waals surface area contributed by atoms with Gasteiger partial charge >= 0.3 is 0 Å². The highest BCUT2D eigenvalue weighted by Gasteiger charge is 2.04. The van der Waals surface area contributed by atoms with Crippen LogP contribution in [0.2, 0.25) is 0 Å². The lowest BCUT2D eigenvalue weighted by atomic mass is 10.1. The molecule has 0 saturated carbocycles. The number of hydrogen-bond donors (Lipinski definition) is 1. The Balaban J connectivity index is 2.67. The molecule has 1 aromatic rings. The lowest BCUT2D eigenvalue weighted by Gasteiger charge is -2.10. The molecule has 0 spiro atoms. The Labute approximate surface area is 81.9 Å². The molecule has 1 N–H and O–H groups in total. The van der Waals surface area contributed by atoms with Gasteiger partial charge in [0.1, 0.15) is 12.4 Å². The van der Waals surface area contributed by atoms with Crippen molar-refractivity contribution in [3.8, 4) is 5.75 Å². The normalized spacial score (nSPS) is 14.0. The monoisotopic (exact) mass is 192 g/mol. The first-order valence-corrected chi connectivity index (χ1v) is 4.44. The second-order valence-corrected chi connectivity index (χ2v) is 3.14. The van der Waals surface area contributed by atoms with E-state index in [1.165, 1.54) is 0 Å². The van der Waals surface area contributed by atoms with E-state index >= 15 is 0 Å². The van der Waals surface area contributed by atoms with Gasteiger partial charge in [-0.15, -0.1) is 0 Å². The van der Waals surface area contributed by atoms with Crippen molar-refractivity contribution in [2.45, 2.75) is 0 Å². The largest absolute Gasteiger partial charge is 0.497 e. The van der Waals surface area contributed by atoms with Gasteiger partial charge in [-0.05, 0) is 17.4 Å². The SMILES string of the molecule is COc1ccc2c(c1)=COCC=2CO. The lowest BCUT2D eigenvalue weighted by molar-refractivity contribution is 0.299. The first-order chi connectivity index (χ1) is 6.85. The third kappa shape index (κ3) is 1.46. The Morgan fingerprint density at radius 1 is 1.50 bits per heavy atom. The Kier molecular flexibility index (Phi) is 2.41. The molecule has 1 aliphatic heterocycles. The van der Waals surface area contributed by atoms with Crippen LogP contribution in [0.5, 0.6) is 5.75 Å². The highest BCUT2D eigenvalue weighted by atomic mass is 16.5. The van der Waals surface area contributed by atoms with Crippen LogP contribution < -0.4 is 15.2 Å². The van der Waals surface area contributed by atoms with Crippen LogP contribution in [-0.4, -0.2) is 25.4 Å². The maximum absolute atomic E-state index is 9.10. The van der Waals surface area contributed by atoms with E-state index in [-0.39, 0.29) is 6.61 Å². The van der Waals surface area contributed by atoms with Crippen molar-refractivity contribution in [2.24, 2.45) is 0 Å². The fourth-order valence-electron chi connectivity index (χ4n) is 1.53. The Morgan fingerprint density at radius 3 is 3.07 bits per heavy atom. The minimum atomic E-state index is 0.0349. The summed E-state index contributed by atoms with van der Waals surface area (Å²) in [6.07, 6.45) is 1.69. The molecule has 0 saturated heterocycles. The molecule has 3 nitrogen and oxygen atoms in total. The highest BCUT2D eigenvalue weighted by molar-refractivity contribution is 5.51. The van der Waals surface area contributed by atoms with Crippen LogP contribution in [0.4, 0.5) is 0 Å². The summed E-state index contributed by atoms with van der Waals surface area (Å²) in [7, 11) is 1.63. The summed E-state index contributed by atoms with van der Waals surface area (Å²) < 4.78 is 10.3. The van der Waals surface area contributed by atoms with Gasteiger partial charge in [-0.25, -0.2) is 0 Å². The van der Waals surface area contributed by atoms with Crippen LogP contribution in [-0.2, 0) is 4.74 Å². The number of aliphatic hydroxyl groups excluding tert-OH is 1. The quantitative estimate of drug-likeness (QED) is 0.693. The number of benzene rings is 1. The molecule has 0 aromatic heterocycles.